The number of para-hydroxylation sites is 1. The van der Waals surface area contributed by atoms with Crippen molar-refractivity contribution in [1.82, 2.24) is 4.57 Å². The van der Waals surface area contributed by atoms with Gasteiger partial charge in [0.15, 0.2) is 4.80 Å². The number of nitrogens with zero attached hydrogens (tertiary/aromatic N) is 2. The van der Waals surface area contributed by atoms with E-state index in [-0.39, 0.29) is 17.2 Å². The van der Waals surface area contributed by atoms with Crippen LogP contribution in [-0.4, -0.2) is 22.7 Å². The van der Waals surface area contributed by atoms with Crippen LogP contribution in [0.3, 0.4) is 0 Å². The first-order chi connectivity index (χ1) is 18.3. The predicted molar refractivity (Wildman–Crippen MR) is 160 cm³/mol. The molecule has 2 heterocycles. The van der Waals surface area contributed by atoms with Crippen LogP contribution < -0.4 is 24.9 Å². The van der Waals surface area contributed by atoms with Gasteiger partial charge in [0.2, 0.25) is 0 Å². The van der Waals surface area contributed by atoms with Crippen molar-refractivity contribution in [1.29, 1.82) is 0 Å². The van der Waals surface area contributed by atoms with Crippen LogP contribution in [0, 0.1) is 3.57 Å². The molecule has 38 heavy (non-hydrogen) atoms. The molecule has 0 fully saturated rings. The quantitative estimate of drug-likeness (QED) is 0.288. The molecule has 0 spiro atoms. The minimum absolute atomic E-state index is 0.0884. The average Bonchev–Trinajstić information content (AvgIpc) is 3.20. The maximum atomic E-state index is 13.8. The van der Waals surface area contributed by atoms with E-state index in [1.54, 1.807) is 61.1 Å². The first kappa shape index (κ1) is 26.4. The number of hydrogen-bond acceptors (Lipinski definition) is 6. The van der Waals surface area contributed by atoms with Gasteiger partial charge in [-0.1, -0.05) is 57.6 Å². The van der Waals surface area contributed by atoms with Gasteiger partial charge in [0, 0.05) is 15.7 Å². The lowest BCUT2D eigenvalue weighted by Crippen LogP contribution is -2.40. The SMILES string of the molecule is COc1ccc([C@H]2C(C(=O)Nc3ccccc3)=C(C)N=c3s/c(=C/c4cc(Br)cc(I)c4O)c(=O)n32)cc1. The van der Waals surface area contributed by atoms with Gasteiger partial charge in [-0.15, -0.1) is 0 Å². The molecule has 0 aliphatic carbocycles. The van der Waals surface area contributed by atoms with Gasteiger partial charge in [-0.2, -0.15) is 0 Å². The molecule has 1 aliphatic heterocycles. The van der Waals surface area contributed by atoms with Crippen molar-refractivity contribution in [3.05, 3.63) is 117 Å². The molecule has 7 nitrogen and oxygen atoms in total. The lowest BCUT2D eigenvalue weighted by atomic mass is 9.95. The van der Waals surface area contributed by atoms with E-state index in [4.69, 9.17) is 4.74 Å². The number of aromatic nitrogens is 1. The van der Waals surface area contributed by atoms with Crippen LogP contribution in [0.5, 0.6) is 11.5 Å². The van der Waals surface area contributed by atoms with E-state index in [2.05, 4.69) is 26.2 Å². The highest BCUT2D eigenvalue weighted by atomic mass is 127. The van der Waals surface area contributed by atoms with Gasteiger partial charge in [-0.25, -0.2) is 4.99 Å². The Morgan fingerprint density at radius 1 is 1.18 bits per heavy atom. The Morgan fingerprint density at radius 2 is 1.89 bits per heavy atom. The van der Waals surface area contributed by atoms with E-state index >= 15 is 0 Å². The molecular weight excluding hydrogens is 681 g/mol. The van der Waals surface area contributed by atoms with Crippen LogP contribution in [0.2, 0.25) is 0 Å². The molecule has 10 heteroatoms. The normalized spacial score (nSPS) is 15.2. The second-order valence-corrected chi connectivity index (χ2v) is 11.6. The molecule has 0 saturated heterocycles. The number of allylic oxidation sites excluding steroid dienone is 1. The number of phenols is 1. The summed E-state index contributed by atoms with van der Waals surface area (Å²) in [6.07, 6.45) is 1.65. The number of aromatic hydroxyl groups is 1. The van der Waals surface area contributed by atoms with Gasteiger partial charge in [0.25, 0.3) is 11.5 Å². The Hall–Kier alpha value is -3.22. The van der Waals surface area contributed by atoms with E-state index in [1.807, 2.05) is 52.9 Å². The summed E-state index contributed by atoms with van der Waals surface area (Å²) in [6, 6.07) is 19.3. The molecule has 5 rings (SSSR count). The lowest BCUT2D eigenvalue weighted by molar-refractivity contribution is -0.113. The molecule has 0 radical (unpaired) electrons. The molecule has 4 aromatic rings. The van der Waals surface area contributed by atoms with E-state index in [0.717, 1.165) is 10.0 Å². The Bertz CT molecular complexity index is 1760. The van der Waals surface area contributed by atoms with E-state index in [0.29, 0.717) is 41.2 Å². The summed E-state index contributed by atoms with van der Waals surface area (Å²) >= 11 is 6.71. The third-order valence-electron chi connectivity index (χ3n) is 6.07. The Labute approximate surface area is 244 Å². The molecule has 1 amide bonds. The Kier molecular flexibility index (Phi) is 7.55. The monoisotopic (exact) mass is 701 g/mol. The van der Waals surface area contributed by atoms with Crippen LogP contribution >= 0.6 is 49.9 Å². The average molecular weight is 702 g/mol. The van der Waals surface area contributed by atoms with Gasteiger partial charge in [-0.3, -0.25) is 14.2 Å². The molecular formula is C28H21BrIN3O4S. The molecule has 192 valence electrons. The fourth-order valence-electron chi connectivity index (χ4n) is 4.27. The minimum atomic E-state index is -0.709. The van der Waals surface area contributed by atoms with Crippen LogP contribution in [-0.2, 0) is 4.79 Å². The van der Waals surface area contributed by atoms with Gasteiger partial charge >= 0.3 is 0 Å². The Morgan fingerprint density at radius 3 is 2.58 bits per heavy atom. The van der Waals surface area contributed by atoms with Crippen molar-refractivity contribution in [3.8, 4) is 11.5 Å². The molecule has 2 N–H and O–H groups in total. The second-order valence-electron chi connectivity index (χ2n) is 8.50. The molecule has 0 bridgehead atoms. The van der Waals surface area contributed by atoms with Gasteiger partial charge in [0.05, 0.1) is 32.5 Å². The standard InChI is InChI=1S/C28H21BrIN3O4S/c1-15-23(26(35)32-19-6-4-3-5-7-19)24(16-8-10-20(37-2)11-9-16)33-27(36)22(38-28(33)31-15)13-17-12-18(29)14-21(30)25(17)34/h3-14,24,34H,1-2H3,(H,32,35)/b22-13+/t24-/m0/s1. The fourth-order valence-corrected chi connectivity index (χ4v) is 6.86. The third-order valence-corrected chi connectivity index (χ3v) is 8.34. The summed E-state index contributed by atoms with van der Waals surface area (Å²) in [5, 5.41) is 13.5. The first-order valence-electron chi connectivity index (χ1n) is 11.5. The maximum absolute atomic E-state index is 13.8. The second kappa shape index (κ2) is 10.9. The predicted octanol–water partition coefficient (Wildman–Crippen LogP) is 4.96. The first-order valence-corrected chi connectivity index (χ1v) is 14.2. The number of ether oxygens (including phenoxy) is 1. The highest BCUT2D eigenvalue weighted by Crippen LogP contribution is 2.32. The number of carbonyl (C=O) groups is 1. The number of halogens is 2. The highest BCUT2D eigenvalue weighted by Gasteiger charge is 2.32. The zero-order valence-corrected chi connectivity index (χ0v) is 24.8. The van der Waals surface area contributed by atoms with Crippen LogP contribution in [0.15, 0.2) is 92.3 Å². The summed E-state index contributed by atoms with van der Waals surface area (Å²) in [4.78, 5) is 32.6. The molecule has 3 aromatic carbocycles. The third kappa shape index (κ3) is 5.07. The number of amides is 1. The number of carbonyl (C=O) groups excluding carboxylic acids is 1. The fraction of sp³-hybridized carbons (Fsp3) is 0.107. The van der Waals surface area contributed by atoms with Crippen molar-refractivity contribution in [2.24, 2.45) is 4.99 Å². The highest BCUT2D eigenvalue weighted by molar-refractivity contribution is 14.1. The number of anilines is 1. The van der Waals surface area contributed by atoms with Crippen LogP contribution in [0.1, 0.15) is 24.1 Å². The molecule has 1 aromatic heterocycles. The number of hydrogen-bond donors (Lipinski definition) is 2. The summed E-state index contributed by atoms with van der Waals surface area (Å²) in [6.45, 7) is 1.77. The van der Waals surface area contributed by atoms with Crippen LogP contribution in [0.4, 0.5) is 5.69 Å². The minimum Gasteiger partial charge on any atom is -0.506 e. The van der Waals surface area contributed by atoms with Crippen molar-refractivity contribution < 1.29 is 14.6 Å². The number of nitrogens with one attached hydrogen (secondary N) is 1. The number of rotatable bonds is 5. The zero-order chi connectivity index (χ0) is 27.0. The number of benzene rings is 3. The topological polar surface area (TPSA) is 92.9 Å². The smallest absolute Gasteiger partial charge is 0.271 e. The molecule has 0 saturated carbocycles. The lowest BCUT2D eigenvalue weighted by Gasteiger charge is -2.25. The van der Waals surface area contributed by atoms with E-state index in [9.17, 15) is 14.7 Å². The van der Waals surface area contributed by atoms with E-state index < -0.39 is 6.04 Å². The molecule has 1 aliphatic rings. The van der Waals surface area contributed by atoms with E-state index in [1.165, 1.54) is 11.3 Å². The largest absolute Gasteiger partial charge is 0.506 e. The number of methoxy groups -OCH3 is 1. The van der Waals surface area contributed by atoms with Crippen LogP contribution in [0.25, 0.3) is 6.08 Å². The summed E-state index contributed by atoms with van der Waals surface area (Å²) in [7, 11) is 1.58. The summed E-state index contributed by atoms with van der Waals surface area (Å²) < 4.78 is 8.69. The number of fused-ring (bicyclic) bond motifs is 1. The van der Waals surface area contributed by atoms with Gasteiger partial charge in [0.1, 0.15) is 11.5 Å². The van der Waals surface area contributed by atoms with Crippen molar-refractivity contribution >= 4 is 67.5 Å². The Balaban J connectivity index is 1.70. The molecule has 0 unspecified atom stereocenters. The summed E-state index contributed by atoms with van der Waals surface area (Å²) in [5.74, 6) is 0.411. The van der Waals surface area contributed by atoms with Gasteiger partial charge < -0.3 is 15.2 Å². The molecule has 1 atom stereocenters. The zero-order valence-electron chi connectivity index (χ0n) is 20.2. The number of thiazole rings is 1. The number of phenolic OH excluding ortho intramolecular Hbond substituents is 1. The van der Waals surface area contributed by atoms with Crippen molar-refractivity contribution in [2.75, 3.05) is 12.4 Å². The van der Waals surface area contributed by atoms with Crippen molar-refractivity contribution in [3.63, 3.8) is 0 Å². The maximum Gasteiger partial charge on any atom is 0.271 e. The van der Waals surface area contributed by atoms with Crippen molar-refractivity contribution in [2.45, 2.75) is 13.0 Å². The van der Waals surface area contributed by atoms with Gasteiger partial charge in [-0.05, 0) is 77.6 Å². The summed E-state index contributed by atoms with van der Waals surface area (Å²) in [5.41, 5.74) is 2.48.